The van der Waals surface area contributed by atoms with E-state index < -0.39 is 10.0 Å². The summed E-state index contributed by atoms with van der Waals surface area (Å²) in [4.78, 5) is 0.140. The van der Waals surface area contributed by atoms with Crippen LogP contribution in [0.5, 0.6) is 23.0 Å². The van der Waals surface area contributed by atoms with E-state index in [9.17, 15) is 8.42 Å². The molecule has 0 bridgehead atoms. The van der Waals surface area contributed by atoms with Gasteiger partial charge in [-0.2, -0.15) is 4.31 Å². The second kappa shape index (κ2) is 9.80. The first-order valence-electron chi connectivity index (χ1n) is 9.71. The molecule has 0 N–H and O–H groups in total. The Bertz CT molecular complexity index is 979. The van der Waals surface area contributed by atoms with Crippen molar-refractivity contribution in [1.82, 2.24) is 4.31 Å². The van der Waals surface area contributed by atoms with Crippen molar-refractivity contribution in [3.05, 3.63) is 42.0 Å². The van der Waals surface area contributed by atoms with E-state index in [-0.39, 0.29) is 10.3 Å². The second-order valence-corrected chi connectivity index (χ2v) is 9.47. The van der Waals surface area contributed by atoms with Crippen molar-refractivity contribution in [2.45, 2.75) is 24.1 Å². The standard InChI is InChI=1S/C21H27NO6S2/c1-5-27-16-8-10-20(19(14-16)28-6-2)30(23,24)22-11-12-29-21(22)15-7-9-17(25-3)18(13-15)26-4/h7-10,13-14,21H,5-6,11-12H2,1-4H3. The van der Waals surface area contributed by atoms with Gasteiger partial charge in [0.15, 0.2) is 11.5 Å². The van der Waals surface area contributed by atoms with Gasteiger partial charge in [-0.1, -0.05) is 6.07 Å². The monoisotopic (exact) mass is 453 g/mol. The number of hydrogen-bond donors (Lipinski definition) is 0. The Morgan fingerprint density at radius 3 is 2.37 bits per heavy atom. The van der Waals surface area contributed by atoms with Crippen molar-refractivity contribution in [3.63, 3.8) is 0 Å². The van der Waals surface area contributed by atoms with Crippen LogP contribution in [-0.4, -0.2) is 52.5 Å². The van der Waals surface area contributed by atoms with Crippen LogP contribution >= 0.6 is 11.8 Å². The number of benzene rings is 2. The second-order valence-electron chi connectivity index (χ2n) is 6.43. The lowest BCUT2D eigenvalue weighted by atomic mass is 10.2. The molecular formula is C21H27NO6S2. The Hall–Kier alpha value is -2.10. The van der Waals surface area contributed by atoms with Crippen LogP contribution in [0, 0.1) is 0 Å². The predicted octanol–water partition coefficient (Wildman–Crippen LogP) is 3.94. The molecule has 1 saturated heterocycles. The van der Waals surface area contributed by atoms with Gasteiger partial charge in [0.05, 0.1) is 32.8 Å². The molecule has 1 heterocycles. The Morgan fingerprint density at radius 1 is 0.967 bits per heavy atom. The third-order valence-electron chi connectivity index (χ3n) is 4.65. The van der Waals surface area contributed by atoms with Crippen molar-refractivity contribution in [1.29, 1.82) is 0 Å². The molecule has 2 aromatic rings. The molecule has 9 heteroatoms. The molecule has 3 rings (SSSR count). The summed E-state index contributed by atoms with van der Waals surface area (Å²) in [7, 11) is -0.665. The highest BCUT2D eigenvalue weighted by molar-refractivity contribution is 8.01. The molecule has 0 saturated carbocycles. The summed E-state index contributed by atoms with van der Waals surface area (Å²) in [5.41, 5.74) is 0.836. The van der Waals surface area contributed by atoms with E-state index in [0.29, 0.717) is 48.5 Å². The summed E-state index contributed by atoms with van der Waals surface area (Å²) < 4.78 is 50.5. The highest BCUT2D eigenvalue weighted by Crippen LogP contribution is 2.45. The van der Waals surface area contributed by atoms with Crippen molar-refractivity contribution in [2.75, 3.05) is 39.7 Å². The van der Waals surface area contributed by atoms with Crippen LogP contribution in [0.4, 0.5) is 0 Å². The van der Waals surface area contributed by atoms with E-state index >= 15 is 0 Å². The van der Waals surface area contributed by atoms with Crippen LogP contribution in [0.3, 0.4) is 0 Å². The van der Waals surface area contributed by atoms with Crippen LogP contribution < -0.4 is 18.9 Å². The fourth-order valence-corrected chi connectivity index (χ4v) is 6.67. The lowest BCUT2D eigenvalue weighted by Gasteiger charge is -2.25. The Labute approximate surface area is 182 Å². The first-order valence-corrected chi connectivity index (χ1v) is 12.2. The van der Waals surface area contributed by atoms with Crippen molar-refractivity contribution in [3.8, 4) is 23.0 Å². The van der Waals surface area contributed by atoms with Crippen LogP contribution in [0.1, 0.15) is 24.8 Å². The van der Waals surface area contributed by atoms with Crippen molar-refractivity contribution in [2.24, 2.45) is 0 Å². The van der Waals surface area contributed by atoms with Gasteiger partial charge in [0.1, 0.15) is 16.4 Å². The molecule has 7 nitrogen and oxygen atoms in total. The number of rotatable bonds is 9. The Morgan fingerprint density at radius 2 is 1.70 bits per heavy atom. The zero-order valence-electron chi connectivity index (χ0n) is 17.6. The van der Waals surface area contributed by atoms with Crippen LogP contribution in [0.25, 0.3) is 0 Å². The molecule has 0 radical (unpaired) electrons. The highest BCUT2D eigenvalue weighted by atomic mass is 32.2. The normalized spacial score (nSPS) is 17.0. The van der Waals surface area contributed by atoms with Gasteiger partial charge in [-0.05, 0) is 43.7 Å². The van der Waals surface area contributed by atoms with E-state index in [1.165, 1.54) is 4.31 Å². The molecule has 1 unspecified atom stereocenters. The lowest BCUT2D eigenvalue weighted by molar-refractivity contribution is 0.315. The highest BCUT2D eigenvalue weighted by Gasteiger charge is 2.38. The minimum atomic E-state index is -3.80. The summed E-state index contributed by atoms with van der Waals surface area (Å²) in [6.07, 6.45) is 0. The number of thioether (sulfide) groups is 1. The Kier molecular flexibility index (Phi) is 7.38. The van der Waals surface area contributed by atoms with Crippen LogP contribution in [-0.2, 0) is 10.0 Å². The SMILES string of the molecule is CCOc1ccc(S(=O)(=O)N2CCSC2c2ccc(OC)c(OC)c2)c(OCC)c1. The first-order chi connectivity index (χ1) is 14.5. The number of nitrogens with zero attached hydrogens (tertiary/aromatic N) is 1. The molecular weight excluding hydrogens is 426 g/mol. The summed E-state index contributed by atoms with van der Waals surface area (Å²) in [6, 6.07) is 10.3. The maximum Gasteiger partial charge on any atom is 0.248 e. The van der Waals surface area contributed by atoms with Gasteiger partial charge in [0.25, 0.3) is 0 Å². The maximum atomic E-state index is 13.6. The molecule has 0 aromatic heterocycles. The average Bonchev–Trinajstić information content (AvgIpc) is 3.24. The summed E-state index contributed by atoms with van der Waals surface area (Å²) in [5, 5.41) is -0.365. The third-order valence-corrected chi connectivity index (χ3v) is 7.95. The third kappa shape index (κ3) is 4.48. The molecule has 0 spiro atoms. The van der Waals surface area contributed by atoms with Crippen molar-refractivity contribution < 1.29 is 27.4 Å². The molecule has 0 aliphatic carbocycles. The van der Waals surface area contributed by atoms with Gasteiger partial charge in [-0.25, -0.2) is 8.42 Å². The molecule has 1 aliphatic rings. The van der Waals surface area contributed by atoms with E-state index in [1.54, 1.807) is 50.2 Å². The fraction of sp³-hybridized carbons (Fsp3) is 0.429. The zero-order chi connectivity index (χ0) is 21.7. The quantitative estimate of drug-likeness (QED) is 0.569. The zero-order valence-corrected chi connectivity index (χ0v) is 19.2. The lowest BCUT2D eigenvalue weighted by Crippen LogP contribution is -2.31. The van der Waals surface area contributed by atoms with Gasteiger partial charge in [-0.15, -0.1) is 11.8 Å². The minimum absolute atomic E-state index is 0.140. The molecule has 164 valence electrons. The van der Waals surface area contributed by atoms with E-state index in [0.717, 1.165) is 5.56 Å². The van der Waals surface area contributed by atoms with Gasteiger partial charge < -0.3 is 18.9 Å². The summed E-state index contributed by atoms with van der Waals surface area (Å²) >= 11 is 1.57. The van der Waals surface area contributed by atoms with Gasteiger partial charge in [0, 0.05) is 18.4 Å². The van der Waals surface area contributed by atoms with E-state index in [4.69, 9.17) is 18.9 Å². The predicted molar refractivity (Wildman–Crippen MR) is 117 cm³/mol. The molecule has 1 aliphatic heterocycles. The molecule has 1 fully saturated rings. The smallest absolute Gasteiger partial charge is 0.248 e. The molecule has 0 amide bonds. The van der Waals surface area contributed by atoms with E-state index in [1.807, 2.05) is 26.0 Å². The number of sulfonamides is 1. The summed E-state index contributed by atoms with van der Waals surface area (Å²) in [5.74, 6) is 2.73. The van der Waals surface area contributed by atoms with Crippen LogP contribution in [0.2, 0.25) is 0 Å². The number of methoxy groups -OCH3 is 2. The molecule has 2 aromatic carbocycles. The van der Waals surface area contributed by atoms with E-state index in [2.05, 4.69) is 0 Å². The Balaban J connectivity index is 1.99. The van der Waals surface area contributed by atoms with Gasteiger partial charge >= 0.3 is 0 Å². The number of hydrogen-bond acceptors (Lipinski definition) is 7. The number of ether oxygens (including phenoxy) is 4. The average molecular weight is 454 g/mol. The summed E-state index contributed by atoms with van der Waals surface area (Å²) in [6.45, 7) is 4.95. The fourth-order valence-electron chi connectivity index (χ4n) is 3.32. The topological polar surface area (TPSA) is 74.3 Å². The maximum absolute atomic E-state index is 13.6. The largest absolute Gasteiger partial charge is 0.494 e. The first kappa shape index (κ1) is 22.6. The van der Waals surface area contributed by atoms with Gasteiger partial charge in [-0.3, -0.25) is 0 Å². The van der Waals surface area contributed by atoms with Crippen LogP contribution in [0.15, 0.2) is 41.3 Å². The molecule has 1 atom stereocenters. The molecule has 30 heavy (non-hydrogen) atoms. The van der Waals surface area contributed by atoms with Gasteiger partial charge in [0.2, 0.25) is 10.0 Å². The van der Waals surface area contributed by atoms with Crippen molar-refractivity contribution >= 4 is 21.8 Å². The minimum Gasteiger partial charge on any atom is -0.494 e.